The quantitative estimate of drug-likeness (QED) is 0.810. The highest BCUT2D eigenvalue weighted by molar-refractivity contribution is 6.06. The number of hydrogen-bond donors (Lipinski definition) is 0. The maximum absolute atomic E-state index is 12.8. The number of para-hydroxylation sites is 1. The summed E-state index contributed by atoms with van der Waals surface area (Å²) in [6, 6.07) is 11.6. The second-order valence-electron chi connectivity index (χ2n) is 4.97. The summed E-state index contributed by atoms with van der Waals surface area (Å²) < 4.78 is 5.48. The van der Waals surface area contributed by atoms with E-state index in [2.05, 4.69) is 6.92 Å². The van der Waals surface area contributed by atoms with Crippen molar-refractivity contribution in [2.24, 2.45) is 0 Å². The first-order valence-electron chi connectivity index (χ1n) is 7.07. The third-order valence-electron chi connectivity index (χ3n) is 3.32. The van der Waals surface area contributed by atoms with E-state index < -0.39 is 0 Å². The van der Waals surface area contributed by atoms with Crippen LogP contribution in [0.25, 0.3) is 0 Å². The van der Waals surface area contributed by atoms with Crippen LogP contribution in [-0.4, -0.2) is 12.5 Å². The molecule has 1 heterocycles. The van der Waals surface area contributed by atoms with Crippen LogP contribution in [0.15, 0.2) is 40.8 Å². The molecule has 0 aliphatic rings. The molecule has 0 atom stereocenters. The van der Waals surface area contributed by atoms with Gasteiger partial charge in [-0.15, -0.1) is 0 Å². The molecule has 0 aliphatic carbocycles. The van der Waals surface area contributed by atoms with Gasteiger partial charge >= 0.3 is 0 Å². The lowest BCUT2D eigenvalue weighted by Gasteiger charge is -2.22. The summed E-state index contributed by atoms with van der Waals surface area (Å²) in [6.45, 7) is 6.55. The van der Waals surface area contributed by atoms with Crippen molar-refractivity contribution in [1.82, 2.24) is 0 Å². The highest BCUT2D eigenvalue weighted by atomic mass is 16.3. The van der Waals surface area contributed by atoms with Crippen LogP contribution >= 0.6 is 0 Å². The van der Waals surface area contributed by atoms with Crippen molar-refractivity contribution in [2.75, 3.05) is 11.4 Å². The number of nitrogens with zero attached hydrogens (tertiary/aromatic N) is 1. The minimum Gasteiger partial charge on any atom is -0.466 e. The molecule has 0 saturated heterocycles. The molecule has 3 heteroatoms. The van der Waals surface area contributed by atoms with Crippen LogP contribution in [-0.2, 0) is 0 Å². The molecule has 0 fully saturated rings. The van der Waals surface area contributed by atoms with Gasteiger partial charge in [0, 0.05) is 12.2 Å². The van der Waals surface area contributed by atoms with Gasteiger partial charge in [-0.2, -0.15) is 0 Å². The fraction of sp³-hybridized carbons (Fsp3) is 0.353. The Morgan fingerprint density at radius 1 is 1.20 bits per heavy atom. The normalized spacial score (nSPS) is 10.6. The Bertz CT molecular complexity index is 572. The summed E-state index contributed by atoms with van der Waals surface area (Å²) in [5.41, 5.74) is 1.59. The van der Waals surface area contributed by atoms with Crippen LogP contribution in [0.4, 0.5) is 5.69 Å². The predicted octanol–water partition coefficient (Wildman–Crippen LogP) is 4.34. The lowest BCUT2D eigenvalue weighted by atomic mass is 10.1. The van der Waals surface area contributed by atoms with E-state index in [4.69, 9.17) is 4.42 Å². The van der Waals surface area contributed by atoms with Gasteiger partial charge in [0.15, 0.2) is 0 Å². The number of hydrogen-bond acceptors (Lipinski definition) is 2. The summed E-state index contributed by atoms with van der Waals surface area (Å²) in [5.74, 6) is 1.47. The van der Waals surface area contributed by atoms with Gasteiger partial charge in [0.1, 0.15) is 11.5 Å². The number of amides is 1. The van der Waals surface area contributed by atoms with E-state index in [1.807, 2.05) is 55.1 Å². The second-order valence-corrected chi connectivity index (χ2v) is 4.97. The number of carbonyl (C=O) groups excluding carboxylic acids is 1. The van der Waals surface area contributed by atoms with Crippen LogP contribution in [0.1, 0.15) is 41.6 Å². The van der Waals surface area contributed by atoms with Crippen molar-refractivity contribution < 1.29 is 9.21 Å². The van der Waals surface area contributed by atoms with Crippen molar-refractivity contribution in [2.45, 2.75) is 33.6 Å². The van der Waals surface area contributed by atoms with Crippen LogP contribution in [0.3, 0.4) is 0 Å². The fourth-order valence-corrected chi connectivity index (χ4v) is 2.26. The van der Waals surface area contributed by atoms with Gasteiger partial charge in [-0.05, 0) is 38.5 Å². The van der Waals surface area contributed by atoms with E-state index in [0.717, 1.165) is 30.8 Å². The number of anilines is 1. The third kappa shape index (κ3) is 3.10. The average Bonchev–Trinajstić information content (AvgIpc) is 2.79. The summed E-state index contributed by atoms with van der Waals surface area (Å²) >= 11 is 0. The smallest absolute Gasteiger partial charge is 0.261 e. The van der Waals surface area contributed by atoms with E-state index in [1.165, 1.54) is 0 Å². The highest BCUT2D eigenvalue weighted by Crippen LogP contribution is 2.21. The standard InChI is InChI=1S/C17H21NO2/c1-4-5-11-18(15-9-7-6-8-10-15)17(19)16-12-13(2)20-14(16)3/h6-10,12H,4-5,11H2,1-3H3. The number of aryl methyl sites for hydroxylation is 2. The van der Waals surface area contributed by atoms with E-state index in [-0.39, 0.29) is 5.91 Å². The van der Waals surface area contributed by atoms with Gasteiger partial charge in [0.25, 0.3) is 5.91 Å². The third-order valence-corrected chi connectivity index (χ3v) is 3.32. The molecule has 1 amide bonds. The Kier molecular flexibility index (Phi) is 4.61. The molecule has 106 valence electrons. The van der Waals surface area contributed by atoms with Gasteiger partial charge in [-0.3, -0.25) is 4.79 Å². The Hall–Kier alpha value is -2.03. The maximum Gasteiger partial charge on any atom is 0.261 e. The van der Waals surface area contributed by atoms with Crippen LogP contribution in [0, 0.1) is 13.8 Å². The van der Waals surface area contributed by atoms with E-state index in [0.29, 0.717) is 11.3 Å². The number of rotatable bonds is 5. The summed E-state index contributed by atoms with van der Waals surface area (Å²) in [5, 5.41) is 0. The first kappa shape index (κ1) is 14.4. The largest absolute Gasteiger partial charge is 0.466 e. The Morgan fingerprint density at radius 3 is 2.45 bits per heavy atom. The Labute approximate surface area is 120 Å². The Morgan fingerprint density at radius 2 is 1.90 bits per heavy atom. The first-order chi connectivity index (χ1) is 9.63. The SMILES string of the molecule is CCCCN(C(=O)c1cc(C)oc1C)c1ccccc1. The minimum atomic E-state index is 0.0130. The van der Waals surface area contributed by atoms with Crippen molar-refractivity contribution in [3.63, 3.8) is 0 Å². The molecule has 2 aromatic rings. The fourth-order valence-electron chi connectivity index (χ4n) is 2.26. The molecule has 1 aromatic carbocycles. The first-order valence-corrected chi connectivity index (χ1v) is 7.07. The zero-order chi connectivity index (χ0) is 14.5. The molecule has 1 aromatic heterocycles. The van der Waals surface area contributed by atoms with Gasteiger partial charge in [0.05, 0.1) is 5.56 Å². The molecule has 0 saturated carbocycles. The molecular formula is C17H21NO2. The molecule has 3 nitrogen and oxygen atoms in total. The number of benzene rings is 1. The van der Waals surface area contributed by atoms with E-state index in [9.17, 15) is 4.79 Å². The highest BCUT2D eigenvalue weighted by Gasteiger charge is 2.21. The van der Waals surface area contributed by atoms with Crippen molar-refractivity contribution in [3.8, 4) is 0 Å². The maximum atomic E-state index is 12.8. The number of unbranched alkanes of at least 4 members (excludes halogenated alkanes) is 1. The van der Waals surface area contributed by atoms with Crippen LogP contribution in [0.5, 0.6) is 0 Å². The molecule has 20 heavy (non-hydrogen) atoms. The second kappa shape index (κ2) is 6.42. The zero-order valence-electron chi connectivity index (χ0n) is 12.3. The lowest BCUT2D eigenvalue weighted by molar-refractivity contribution is 0.0985. The predicted molar refractivity (Wildman–Crippen MR) is 81.2 cm³/mol. The monoisotopic (exact) mass is 271 g/mol. The van der Waals surface area contributed by atoms with Gasteiger partial charge in [-0.1, -0.05) is 31.5 Å². The topological polar surface area (TPSA) is 33.5 Å². The molecular weight excluding hydrogens is 250 g/mol. The molecule has 0 unspecified atom stereocenters. The van der Waals surface area contributed by atoms with Gasteiger partial charge < -0.3 is 9.32 Å². The number of furan rings is 1. The number of carbonyl (C=O) groups is 1. The zero-order valence-corrected chi connectivity index (χ0v) is 12.3. The van der Waals surface area contributed by atoms with Crippen LogP contribution < -0.4 is 4.90 Å². The summed E-state index contributed by atoms with van der Waals surface area (Å²) in [6.07, 6.45) is 2.04. The average molecular weight is 271 g/mol. The van der Waals surface area contributed by atoms with Gasteiger partial charge in [-0.25, -0.2) is 0 Å². The van der Waals surface area contributed by atoms with Gasteiger partial charge in [0.2, 0.25) is 0 Å². The molecule has 0 bridgehead atoms. The summed E-state index contributed by atoms with van der Waals surface area (Å²) in [7, 11) is 0. The van der Waals surface area contributed by atoms with Crippen molar-refractivity contribution >= 4 is 11.6 Å². The van der Waals surface area contributed by atoms with Crippen molar-refractivity contribution in [1.29, 1.82) is 0 Å². The summed E-state index contributed by atoms with van der Waals surface area (Å²) in [4.78, 5) is 14.6. The van der Waals surface area contributed by atoms with Crippen LogP contribution in [0.2, 0.25) is 0 Å². The molecule has 0 radical (unpaired) electrons. The van der Waals surface area contributed by atoms with E-state index >= 15 is 0 Å². The Balaban J connectivity index is 2.31. The minimum absolute atomic E-state index is 0.0130. The molecule has 0 N–H and O–H groups in total. The lowest BCUT2D eigenvalue weighted by Crippen LogP contribution is -2.32. The molecule has 0 spiro atoms. The molecule has 2 rings (SSSR count). The van der Waals surface area contributed by atoms with E-state index in [1.54, 1.807) is 0 Å². The van der Waals surface area contributed by atoms with Crippen molar-refractivity contribution in [3.05, 3.63) is 53.5 Å². The molecule has 0 aliphatic heterocycles.